The summed E-state index contributed by atoms with van der Waals surface area (Å²) in [6.07, 6.45) is -1.36. The van der Waals surface area contributed by atoms with Gasteiger partial charge in [-0.05, 0) is 73.0 Å². The lowest BCUT2D eigenvalue weighted by molar-refractivity contribution is -0.138. The van der Waals surface area contributed by atoms with Crippen molar-refractivity contribution in [3.63, 3.8) is 0 Å². The highest BCUT2D eigenvalue weighted by molar-refractivity contribution is 6.02. The first kappa shape index (κ1) is 31.5. The smallest absolute Gasteiger partial charge is 0.416 e. The van der Waals surface area contributed by atoms with Gasteiger partial charge in [0.15, 0.2) is 5.78 Å². The SMILES string of the molecule is CCCCC[C@@H](Cc1ccc(C(=O)NCCC(=O)O)cc1)C(=O)c1cc2cc(F)ccc2n1-c1cccc(C(F)(F)F)c1. The zero-order valence-corrected chi connectivity index (χ0v) is 23.6. The maximum absolute atomic E-state index is 14.2. The Hall–Kier alpha value is -4.47. The average Bonchev–Trinajstić information content (AvgIpc) is 3.34. The molecule has 0 aliphatic heterocycles. The summed E-state index contributed by atoms with van der Waals surface area (Å²) in [7, 11) is 0. The Labute approximate surface area is 246 Å². The molecule has 0 spiro atoms. The first-order valence-electron chi connectivity index (χ1n) is 14.1. The number of halogens is 4. The standard InChI is InChI=1S/C33H32F4N2O4/c1-2-3-4-6-23(17-21-9-11-22(12-10-21)32(43)38-16-15-30(40)41)31(42)29-19-24-18-26(34)13-14-28(24)39(29)27-8-5-7-25(20-27)33(35,36)37/h5,7-14,18-20,23H,2-4,6,15-17H2,1H3,(H,38,43)(H,40,41)/t23-/m0/s1. The summed E-state index contributed by atoms with van der Waals surface area (Å²) in [5, 5.41) is 11.7. The molecule has 1 aromatic heterocycles. The van der Waals surface area contributed by atoms with E-state index in [1.807, 2.05) is 6.92 Å². The second-order valence-electron chi connectivity index (χ2n) is 10.5. The molecule has 0 saturated carbocycles. The summed E-state index contributed by atoms with van der Waals surface area (Å²) in [6, 6.07) is 16.8. The van der Waals surface area contributed by atoms with Gasteiger partial charge in [0.1, 0.15) is 5.82 Å². The Morgan fingerprint density at radius 1 is 0.953 bits per heavy atom. The number of hydrogen-bond acceptors (Lipinski definition) is 3. The van der Waals surface area contributed by atoms with Gasteiger partial charge in [-0.3, -0.25) is 14.4 Å². The third-order valence-corrected chi connectivity index (χ3v) is 7.30. The van der Waals surface area contributed by atoms with E-state index in [0.717, 1.165) is 37.0 Å². The number of fused-ring (bicyclic) bond motifs is 1. The first-order chi connectivity index (χ1) is 20.5. The second kappa shape index (κ2) is 13.7. The third-order valence-electron chi connectivity index (χ3n) is 7.30. The summed E-state index contributed by atoms with van der Waals surface area (Å²) in [4.78, 5) is 37.2. The van der Waals surface area contributed by atoms with E-state index in [1.165, 1.54) is 41.0 Å². The van der Waals surface area contributed by atoms with Crippen LogP contribution in [0.4, 0.5) is 17.6 Å². The molecule has 0 aliphatic carbocycles. The lowest BCUT2D eigenvalue weighted by Crippen LogP contribution is -2.26. The summed E-state index contributed by atoms with van der Waals surface area (Å²) < 4.78 is 56.3. The van der Waals surface area contributed by atoms with E-state index in [-0.39, 0.29) is 30.1 Å². The van der Waals surface area contributed by atoms with Crippen LogP contribution in [-0.2, 0) is 17.4 Å². The second-order valence-corrected chi connectivity index (χ2v) is 10.5. The van der Waals surface area contributed by atoms with Crippen LogP contribution < -0.4 is 5.32 Å². The van der Waals surface area contributed by atoms with Crippen molar-refractivity contribution >= 4 is 28.6 Å². The van der Waals surface area contributed by atoms with E-state index in [2.05, 4.69) is 5.32 Å². The van der Waals surface area contributed by atoms with Crippen LogP contribution in [0.15, 0.2) is 72.8 Å². The highest BCUT2D eigenvalue weighted by Crippen LogP contribution is 2.34. The quantitative estimate of drug-likeness (QED) is 0.0945. The van der Waals surface area contributed by atoms with E-state index in [9.17, 15) is 31.9 Å². The lowest BCUT2D eigenvalue weighted by Gasteiger charge is -2.19. The van der Waals surface area contributed by atoms with E-state index in [0.29, 0.717) is 29.3 Å². The van der Waals surface area contributed by atoms with Crippen molar-refractivity contribution in [2.45, 2.75) is 51.6 Å². The fourth-order valence-electron chi connectivity index (χ4n) is 5.10. The van der Waals surface area contributed by atoms with E-state index >= 15 is 0 Å². The Balaban J connectivity index is 1.68. The molecule has 0 aliphatic rings. The van der Waals surface area contributed by atoms with Gasteiger partial charge in [-0.1, -0.05) is 44.4 Å². The van der Waals surface area contributed by atoms with Crippen molar-refractivity contribution < 1.29 is 37.1 Å². The van der Waals surface area contributed by atoms with Gasteiger partial charge in [-0.15, -0.1) is 0 Å². The number of carboxylic acids is 1. The van der Waals surface area contributed by atoms with Crippen molar-refractivity contribution in [2.24, 2.45) is 5.92 Å². The first-order valence-corrected chi connectivity index (χ1v) is 14.1. The molecule has 0 bridgehead atoms. The minimum Gasteiger partial charge on any atom is -0.481 e. The molecule has 0 radical (unpaired) electrons. The number of carbonyl (C=O) groups is 3. The van der Waals surface area contributed by atoms with Crippen molar-refractivity contribution in [1.82, 2.24) is 9.88 Å². The molecule has 0 unspecified atom stereocenters. The van der Waals surface area contributed by atoms with Crippen LogP contribution in [0.3, 0.4) is 0 Å². The van der Waals surface area contributed by atoms with Crippen molar-refractivity contribution in [3.8, 4) is 5.69 Å². The average molecular weight is 597 g/mol. The van der Waals surface area contributed by atoms with Crippen molar-refractivity contribution in [2.75, 3.05) is 6.54 Å². The van der Waals surface area contributed by atoms with Crippen LogP contribution >= 0.6 is 0 Å². The molecule has 6 nitrogen and oxygen atoms in total. The molecule has 3 aromatic carbocycles. The summed E-state index contributed by atoms with van der Waals surface area (Å²) >= 11 is 0. The maximum Gasteiger partial charge on any atom is 0.416 e. The van der Waals surface area contributed by atoms with Gasteiger partial charge in [0.2, 0.25) is 0 Å². The fraction of sp³-hybridized carbons (Fsp3) is 0.303. The number of aliphatic carboxylic acids is 1. The number of rotatable bonds is 13. The predicted octanol–water partition coefficient (Wildman–Crippen LogP) is 7.61. The summed E-state index contributed by atoms with van der Waals surface area (Å²) in [5.74, 6) is -2.77. The number of Topliss-reactive ketones (excluding diaryl/α,β-unsaturated/α-hetero) is 1. The summed E-state index contributed by atoms with van der Waals surface area (Å²) in [5.41, 5.74) is 0.981. The zero-order valence-electron chi connectivity index (χ0n) is 23.6. The van der Waals surface area contributed by atoms with Gasteiger partial charge >= 0.3 is 12.1 Å². The zero-order chi connectivity index (χ0) is 31.1. The number of aromatic nitrogens is 1. The minimum atomic E-state index is -4.59. The van der Waals surface area contributed by atoms with Gasteiger partial charge in [0.05, 0.1) is 23.2 Å². The number of unbranched alkanes of at least 4 members (excludes halogenated alkanes) is 2. The van der Waals surface area contributed by atoms with Gasteiger partial charge in [-0.2, -0.15) is 13.2 Å². The van der Waals surface area contributed by atoms with Crippen LogP contribution in [0.5, 0.6) is 0 Å². The van der Waals surface area contributed by atoms with Gasteiger partial charge in [0, 0.05) is 29.1 Å². The molecular formula is C33H32F4N2O4. The minimum absolute atomic E-state index is 0.00625. The predicted molar refractivity (Wildman–Crippen MR) is 155 cm³/mol. The maximum atomic E-state index is 14.2. The molecule has 43 heavy (non-hydrogen) atoms. The third kappa shape index (κ3) is 7.88. The lowest BCUT2D eigenvalue weighted by atomic mass is 9.88. The van der Waals surface area contributed by atoms with Crippen molar-refractivity contribution in [1.29, 1.82) is 0 Å². The number of ketones is 1. The number of nitrogens with one attached hydrogen (secondary N) is 1. The molecule has 0 fully saturated rings. The van der Waals surface area contributed by atoms with Crippen LogP contribution in [0.2, 0.25) is 0 Å². The van der Waals surface area contributed by atoms with E-state index in [1.54, 1.807) is 24.3 Å². The fourth-order valence-corrected chi connectivity index (χ4v) is 5.10. The number of benzene rings is 3. The Bertz CT molecular complexity index is 1610. The Kier molecular flexibility index (Phi) is 10.0. The van der Waals surface area contributed by atoms with Crippen LogP contribution in [-0.4, -0.2) is 33.9 Å². The van der Waals surface area contributed by atoms with Gasteiger partial charge in [0.25, 0.3) is 5.91 Å². The highest BCUT2D eigenvalue weighted by atomic mass is 19.4. The molecule has 10 heteroatoms. The van der Waals surface area contributed by atoms with Crippen LogP contribution in [0.25, 0.3) is 16.6 Å². The molecule has 1 amide bonds. The Morgan fingerprint density at radius 3 is 2.37 bits per heavy atom. The number of carbonyl (C=O) groups excluding carboxylic acids is 2. The molecule has 0 saturated heterocycles. The highest BCUT2D eigenvalue weighted by Gasteiger charge is 2.31. The van der Waals surface area contributed by atoms with E-state index in [4.69, 9.17) is 5.11 Å². The van der Waals surface area contributed by atoms with Crippen LogP contribution in [0, 0.1) is 11.7 Å². The number of carboxylic acid groups (broad SMARTS) is 1. The number of alkyl halides is 3. The number of nitrogens with zero attached hydrogens (tertiary/aromatic N) is 1. The van der Waals surface area contributed by atoms with E-state index < -0.39 is 35.4 Å². The van der Waals surface area contributed by atoms with Crippen LogP contribution in [0.1, 0.15) is 71.0 Å². The van der Waals surface area contributed by atoms with Gasteiger partial charge in [-0.25, -0.2) is 4.39 Å². The molecule has 1 atom stereocenters. The molecule has 4 aromatic rings. The molecular weight excluding hydrogens is 564 g/mol. The molecule has 226 valence electrons. The Morgan fingerprint density at radius 2 is 1.70 bits per heavy atom. The monoisotopic (exact) mass is 596 g/mol. The molecule has 1 heterocycles. The largest absolute Gasteiger partial charge is 0.481 e. The van der Waals surface area contributed by atoms with Crippen molar-refractivity contribution in [3.05, 3.63) is 101 Å². The topological polar surface area (TPSA) is 88.4 Å². The number of hydrogen-bond donors (Lipinski definition) is 2. The normalized spacial score (nSPS) is 12.3. The number of amides is 1. The molecule has 4 rings (SSSR count). The molecule has 2 N–H and O–H groups in total. The van der Waals surface area contributed by atoms with Gasteiger partial charge < -0.3 is 15.0 Å². The summed E-state index contributed by atoms with van der Waals surface area (Å²) in [6.45, 7) is 2.03.